The highest BCUT2D eigenvalue weighted by atomic mass is 32.2. The second-order valence-electron chi connectivity index (χ2n) is 5.44. The molecule has 0 aliphatic carbocycles. The van der Waals surface area contributed by atoms with E-state index in [4.69, 9.17) is 0 Å². The van der Waals surface area contributed by atoms with Crippen LogP contribution in [0.25, 0.3) is 10.9 Å². The molecule has 1 aromatic heterocycles. The second kappa shape index (κ2) is 6.51. The smallest absolute Gasteiger partial charge is 0.240 e. The van der Waals surface area contributed by atoms with E-state index in [0.717, 1.165) is 16.5 Å². The number of para-hydroxylation sites is 1. The minimum absolute atomic E-state index is 0.0731. The van der Waals surface area contributed by atoms with Crippen LogP contribution in [0.5, 0.6) is 0 Å². The van der Waals surface area contributed by atoms with Gasteiger partial charge < -0.3 is 0 Å². The zero-order chi connectivity index (χ0) is 17.2. The molecule has 0 bridgehead atoms. The molecular weight excluding hydrogens is 324 g/mol. The highest BCUT2D eigenvalue weighted by Gasteiger charge is 2.15. The van der Waals surface area contributed by atoms with E-state index in [-0.39, 0.29) is 17.2 Å². The average molecular weight is 340 g/mol. The standard InChI is InChI=1S/C18H16N2O3S/c1-13(21)15-6-4-7-17(10-15)24(22,23)20-12-14-9-16-5-2-3-8-18(16)19-11-14/h2-11,20H,12H2,1H3. The molecule has 0 saturated heterocycles. The van der Waals surface area contributed by atoms with Gasteiger partial charge in [-0.05, 0) is 36.8 Å². The van der Waals surface area contributed by atoms with Crippen molar-refractivity contribution in [1.29, 1.82) is 0 Å². The van der Waals surface area contributed by atoms with Gasteiger partial charge in [-0.25, -0.2) is 13.1 Å². The van der Waals surface area contributed by atoms with Crippen LogP contribution >= 0.6 is 0 Å². The summed E-state index contributed by atoms with van der Waals surface area (Å²) in [7, 11) is -3.70. The summed E-state index contributed by atoms with van der Waals surface area (Å²) in [5.74, 6) is -0.175. The minimum Gasteiger partial charge on any atom is -0.295 e. The topological polar surface area (TPSA) is 76.1 Å². The minimum atomic E-state index is -3.70. The molecule has 0 aliphatic rings. The van der Waals surface area contributed by atoms with Crippen LogP contribution in [0.2, 0.25) is 0 Å². The number of ketones is 1. The first-order valence-corrected chi connectivity index (χ1v) is 8.88. The van der Waals surface area contributed by atoms with Crippen molar-refractivity contribution in [2.75, 3.05) is 0 Å². The number of benzene rings is 2. The maximum absolute atomic E-state index is 12.4. The van der Waals surface area contributed by atoms with Gasteiger partial charge in [-0.2, -0.15) is 0 Å². The number of fused-ring (bicyclic) bond motifs is 1. The molecule has 0 radical (unpaired) electrons. The number of aromatic nitrogens is 1. The maximum Gasteiger partial charge on any atom is 0.240 e. The van der Waals surface area contributed by atoms with Crippen LogP contribution < -0.4 is 4.72 Å². The third kappa shape index (κ3) is 3.50. The zero-order valence-corrected chi connectivity index (χ0v) is 13.9. The van der Waals surface area contributed by atoms with E-state index in [9.17, 15) is 13.2 Å². The fraction of sp³-hybridized carbons (Fsp3) is 0.111. The molecular formula is C18H16N2O3S. The maximum atomic E-state index is 12.4. The van der Waals surface area contributed by atoms with Crippen molar-refractivity contribution in [3.63, 3.8) is 0 Å². The van der Waals surface area contributed by atoms with Crippen LogP contribution in [0.3, 0.4) is 0 Å². The molecule has 122 valence electrons. The van der Waals surface area contributed by atoms with Crippen molar-refractivity contribution >= 4 is 26.7 Å². The Balaban J connectivity index is 1.81. The Morgan fingerprint density at radius 1 is 1.08 bits per heavy atom. The summed E-state index contributed by atoms with van der Waals surface area (Å²) in [6.07, 6.45) is 1.65. The number of nitrogens with one attached hydrogen (secondary N) is 1. The monoisotopic (exact) mass is 340 g/mol. The molecule has 5 nitrogen and oxygen atoms in total. The second-order valence-corrected chi connectivity index (χ2v) is 7.21. The quantitative estimate of drug-likeness (QED) is 0.725. The Kier molecular flexibility index (Phi) is 4.42. The lowest BCUT2D eigenvalue weighted by atomic mass is 10.2. The normalized spacial score (nSPS) is 11.5. The lowest BCUT2D eigenvalue weighted by Gasteiger charge is -2.08. The largest absolute Gasteiger partial charge is 0.295 e. The van der Waals surface area contributed by atoms with E-state index in [2.05, 4.69) is 9.71 Å². The van der Waals surface area contributed by atoms with Gasteiger partial charge in [0.2, 0.25) is 10.0 Å². The third-order valence-electron chi connectivity index (χ3n) is 3.66. The fourth-order valence-electron chi connectivity index (χ4n) is 2.36. The van der Waals surface area contributed by atoms with Crippen LogP contribution in [-0.4, -0.2) is 19.2 Å². The molecule has 1 heterocycles. The van der Waals surface area contributed by atoms with Crippen molar-refractivity contribution < 1.29 is 13.2 Å². The van der Waals surface area contributed by atoms with Crippen LogP contribution in [0.4, 0.5) is 0 Å². The van der Waals surface area contributed by atoms with Gasteiger partial charge in [0.1, 0.15) is 0 Å². The van der Waals surface area contributed by atoms with Crippen molar-refractivity contribution in [2.24, 2.45) is 0 Å². The van der Waals surface area contributed by atoms with Gasteiger partial charge in [0.05, 0.1) is 10.4 Å². The van der Waals surface area contributed by atoms with Crippen molar-refractivity contribution in [3.05, 3.63) is 71.9 Å². The molecule has 2 aromatic carbocycles. The first-order valence-electron chi connectivity index (χ1n) is 7.40. The van der Waals surface area contributed by atoms with Crippen LogP contribution in [0, 0.1) is 0 Å². The van der Waals surface area contributed by atoms with Gasteiger partial charge in [-0.15, -0.1) is 0 Å². The number of sulfonamides is 1. The molecule has 0 unspecified atom stereocenters. The molecule has 6 heteroatoms. The number of hydrogen-bond acceptors (Lipinski definition) is 4. The summed E-state index contributed by atoms with van der Waals surface area (Å²) in [6, 6.07) is 15.5. The lowest BCUT2D eigenvalue weighted by Crippen LogP contribution is -2.23. The summed E-state index contributed by atoms with van der Waals surface area (Å²) in [4.78, 5) is 15.8. The number of nitrogens with zero attached hydrogens (tertiary/aromatic N) is 1. The number of Topliss-reactive ketones (excluding diaryl/α,β-unsaturated/α-hetero) is 1. The van der Waals surface area contributed by atoms with Gasteiger partial charge in [0, 0.05) is 23.7 Å². The van der Waals surface area contributed by atoms with E-state index in [0.29, 0.717) is 5.56 Å². The molecule has 0 saturated carbocycles. The molecule has 0 aliphatic heterocycles. The molecule has 0 spiro atoms. The van der Waals surface area contributed by atoms with Crippen molar-refractivity contribution in [1.82, 2.24) is 9.71 Å². The zero-order valence-electron chi connectivity index (χ0n) is 13.1. The van der Waals surface area contributed by atoms with Gasteiger partial charge in [0.25, 0.3) is 0 Å². The SMILES string of the molecule is CC(=O)c1cccc(S(=O)(=O)NCc2cnc3ccccc3c2)c1. The summed E-state index contributed by atoms with van der Waals surface area (Å²) >= 11 is 0. The van der Waals surface area contributed by atoms with E-state index >= 15 is 0 Å². The van der Waals surface area contributed by atoms with Gasteiger partial charge in [0.15, 0.2) is 5.78 Å². The van der Waals surface area contributed by atoms with Gasteiger partial charge in [-0.1, -0.05) is 30.3 Å². The summed E-state index contributed by atoms with van der Waals surface area (Å²) in [5.41, 5.74) is 1.99. The summed E-state index contributed by atoms with van der Waals surface area (Å²) < 4.78 is 27.3. The van der Waals surface area contributed by atoms with E-state index in [1.165, 1.54) is 19.1 Å². The molecule has 3 rings (SSSR count). The van der Waals surface area contributed by atoms with Crippen molar-refractivity contribution in [2.45, 2.75) is 18.4 Å². The number of carbonyl (C=O) groups is 1. The number of rotatable bonds is 5. The Hall–Kier alpha value is -2.57. The molecule has 0 fully saturated rings. The first kappa shape index (κ1) is 16.3. The Morgan fingerprint density at radius 3 is 2.67 bits per heavy atom. The third-order valence-corrected chi connectivity index (χ3v) is 5.06. The lowest BCUT2D eigenvalue weighted by molar-refractivity contribution is 0.101. The van der Waals surface area contributed by atoms with E-state index in [1.807, 2.05) is 30.3 Å². The van der Waals surface area contributed by atoms with E-state index in [1.54, 1.807) is 18.3 Å². The Bertz CT molecular complexity index is 1010. The van der Waals surface area contributed by atoms with Crippen LogP contribution in [0.1, 0.15) is 22.8 Å². The highest BCUT2D eigenvalue weighted by molar-refractivity contribution is 7.89. The Labute approximate surface area is 140 Å². The summed E-state index contributed by atoms with van der Waals surface area (Å²) in [6.45, 7) is 1.53. The number of hydrogen-bond donors (Lipinski definition) is 1. The first-order chi connectivity index (χ1) is 11.5. The number of carbonyl (C=O) groups excluding carboxylic acids is 1. The fourth-order valence-corrected chi connectivity index (χ4v) is 3.42. The van der Waals surface area contributed by atoms with E-state index < -0.39 is 10.0 Å². The highest BCUT2D eigenvalue weighted by Crippen LogP contribution is 2.15. The van der Waals surface area contributed by atoms with Crippen LogP contribution in [0.15, 0.2) is 65.7 Å². The average Bonchev–Trinajstić information content (AvgIpc) is 2.60. The predicted molar refractivity (Wildman–Crippen MR) is 92.2 cm³/mol. The molecule has 3 aromatic rings. The predicted octanol–water partition coefficient (Wildman–Crippen LogP) is 2.92. The van der Waals surface area contributed by atoms with Crippen LogP contribution in [-0.2, 0) is 16.6 Å². The molecule has 0 atom stereocenters. The van der Waals surface area contributed by atoms with Gasteiger partial charge >= 0.3 is 0 Å². The van der Waals surface area contributed by atoms with Crippen molar-refractivity contribution in [3.8, 4) is 0 Å². The molecule has 24 heavy (non-hydrogen) atoms. The molecule has 1 N–H and O–H groups in total. The Morgan fingerprint density at radius 2 is 1.88 bits per heavy atom. The summed E-state index contributed by atoms with van der Waals surface area (Å²) in [5, 5.41) is 0.952. The number of pyridine rings is 1. The molecule has 0 amide bonds. The van der Waals surface area contributed by atoms with Gasteiger partial charge in [-0.3, -0.25) is 9.78 Å².